The van der Waals surface area contributed by atoms with E-state index in [0.29, 0.717) is 0 Å². The summed E-state index contributed by atoms with van der Waals surface area (Å²) in [6, 6.07) is 1.09. The highest BCUT2D eigenvalue weighted by Crippen LogP contribution is 2.43. The van der Waals surface area contributed by atoms with Gasteiger partial charge in [0.05, 0.1) is 13.2 Å². The Bertz CT molecular complexity index is 1080. The summed E-state index contributed by atoms with van der Waals surface area (Å²) in [6.07, 6.45) is -12.8. The number of hydrogen-bond acceptors (Lipinski definition) is 14. The number of phosphoric ester groups is 2. The maximum absolute atomic E-state index is 11.4. The van der Waals surface area contributed by atoms with Crippen LogP contribution >= 0.6 is 15.6 Å². The standard InChI is InChI=1S/C9H12N2O6.C6H14O12P2/c12-3-4-6(14)7(15)8(17-4)11-2-1-5(13)10-9(11)16;7-1-3(9)5(10)6(18-20(14,15)16)4(2-8)17-19(11,12)13/h1-2,4,6-8,12,14-15H,3H2,(H,10,13,16);2-7,9-10H,1H2,(H2,11,12,13)(H2,14,15,16)/t4-,6-,7-,8-;3-,4+,5+,6-/m11/s1. The van der Waals surface area contributed by atoms with Crippen molar-refractivity contribution in [3.63, 3.8) is 0 Å². The monoisotopic (exact) mass is 584 g/mol. The summed E-state index contributed by atoms with van der Waals surface area (Å²) < 4.78 is 35.2. The number of aldehydes is 1. The maximum Gasteiger partial charge on any atom is 0.470 e. The van der Waals surface area contributed by atoms with Crippen molar-refractivity contribution in [2.45, 2.75) is 49.0 Å². The molecule has 2 rings (SSSR count). The first-order valence-electron chi connectivity index (χ1n) is 9.79. The van der Waals surface area contributed by atoms with E-state index in [1.54, 1.807) is 0 Å². The molecule has 214 valence electrons. The van der Waals surface area contributed by atoms with Crippen LogP contribution in [0, 0.1) is 0 Å². The summed E-state index contributed by atoms with van der Waals surface area (Å²) in [5, 5.41) is 55.3. The number of ether oxygens (including phenoxy) is 1. The lowest BCUT2D eigenvalue weighted by atomic mass is 10.0. The number of rotatable bonds is 11. The molecule has 0 unspecified atom stereocenters. The molecule has 0 saturated carbocycles. The van der Waals surface area contributed by atoms with Gasteiger partial charge in [-0.25, -0.2) is 13.9 Å². The van der Waals surface area contributed by atoms with Crippen LogP contribution in [-0.2, 0) is 27.7 Å². The van der Waals surface area contributed by atoms with Crippen LogP contribution in [0.2, 0.25) is 0 Å². The summed E-state index contributed by atoms with van der Waals surface area (Å²) in [7, 11) is -10.6. The molecule has 0 radical (unpaired) electrons. The van der Waals surface area contributed by atoms with Crippen LogP contribution in [0.5, 0.6) is 0 Å². The van der Waals surface area contributed by atoms with Gasteiger partial charge in [-0.3, -0.25) is 23.4 Å². The van der Waals surface area contributed by atoms with Crippen LogP contribution in [-0.4, -0.2) is 122 Å². The number of hydrogen-bond donors (Lipinski definition) is 11. The first-order valence-corrected chi connectivity index (χ1v) is 12.9. The minimum absolute atomic E-state index is 0.299. The number of nitrogens with one attached hydrogen (secondary N) is 1. The van der Waals surface area contributed by atoms with Crippen LogP contribution in [0.1, 0.15) is 6.23 Å². The summed E-state index contributed by atoms with van der Waals surface area (Å²) in [6.45, 7) is -1.56. The summed E-state index contributed by atoms with van der Waals surface area (Å²) in [4.78, 5) is 69.2. The van der Waals surface area contributed by atoms with Gasteiger partial charge in [-0.2, -0.15) is 0 Å². The molecular formula is C15H26N2O18P2. The number of aliphatic hydroxyl groups excluding tert-OH is 6. The van der Waals surface area contributed by atoms with Crippen molar-refractivity contribution in [3.8, 4) is 0 Å². The van der Waals surface area contributed by atoms with E-state index in [2.05, 4.69) is 9.05 Å². The third-order valence-electron chi connectivity index (χ3n) is 4.54. The minimum Gasteiger partial charge on any atom is -0.394 e. The number of aliphatic hydroxyl groups is 6. The number of carbonyl (C=O) groups excluding carboxylic acids is 1. The lowest BCUT2D eigenvalue weighted by Gasteiger charge is -2.29. The zero-order chi connectivity index (χ0) is 28.7. The summed E-state index contributed by atoms with van der Waals surface area (Å²) in [5.74, 6) is 0. The Morgan fingerprint density at radius 3 is 2.03 bits per heavy atom. The lowest BCUT2D eigenvalue weighted by molar-refractivity contribution is -0.133. The van der Waals surface area contributed by atoms with E-state index in [1.165, 1.54) is 0 Å². The number of carbonyl (C=O) groups is 1. The molecular weight excluding hydrogens is 558 g/mol. The molecule has 1 saturated heterocycles. The van der Waals surface area contributed by atoms with Gasteiger partial charge in [0, 0.05) is 12.3 Å². The second kappa shape index (κ2) is 13.9. The van der Waals surface area contributed by atoms with Gasteiger partial charge in [-0.15, -0.1) is 0 Å². The topological polar surface area (TPSA) is 336 Å². The van der Waals surface area contributed by atoms with Gasteiger partial charge in [0.15, 0.2) is 18.6 Å². The normalized spacial score (nSPS) is 25.5. The second-order valence-electron chi connectivity index (χ2n) is 7.24. The van der Waals surface area contributed by atoms with Crippen molar-refractivity contribution in [2.24, 2.45) is 0 Å². The van der Waals surface area contributed by atoms with Crippen molar-refractivity contribution in [2.75, 3.05) is 13.2 Å². The second-order valence-corrected chi connectivity index (χ2v) is 9.63. The van der Waals surface area contributed by atoms with Crippen molar-refractivity contribution in [1.82, 2.24) is 9.55 Å². The largest absolute Gasteiger partial charge is 0.470 e. The highest BCUT2D eigenvalue weighted by Gasteiger charge is 2.44. The number of phosphoric acid groups is 2. The predicted octanol–water partition coefficient (Wildman–Crippen LogP) is -6.00. The molecule has 1 aromatic heterocycles. The predicted molar refractivity (Wildman–Crippen MR) is 113 cm³/mol. The Hall–Kier alpha value is -1.71. The van der Waals surface area contributed by atoms with Crippen molar-refractivity contribution in [1.29, 1.82) is 0 Å². The fraction of sp³-hybridized carbons (Fsp3) is 0.667. The molecule has 0 aromatic carbocycles. The average molecular weight is 584 g/mol. The molecule has 20 nitrogen and oxygen atoms in total. The Labute approximate surface area is 205 Å². The molecule has 1 fully saturated rings. The molecule has 0 bridgehead atoms. The van der Waals surface area contributed by atoms with Crippen LogP contribution in [0.25, 0.3) is 0 Å². The molecule has 0 spiro atoms. The Morgan fingerprint density at radius 1 is 1.05 bits per heavy atom. The zero-order valence-corrected chi connectivity index (χ0v) is 20.1. The van der Waals surface area contributed by atoms with Crippen LogP contribution < -0.4 is 11.2 Å². The third-order valence-corrected chi connectivity index (χ3v) is 5.57. The molecule has 1 aliphatic rings. The molecule has 2 heterocycles. The van der Waals surface area contributed by atoms with Crippen LogP contribution in [0.4, 0.5) is 0 Å². The summed E-state index contributed by atoms with van der Waals surface area (Å²) in [5.41, 5.74) is -1.33. The van der Waals surface area contributed by atoms with Gasteiger partial charge in [-0.1, -0.05) is 0 Å². The van der Waals surface area contributed by atoms with Gasteiger partial charge in [0.25, 0.3) is 5.56 Å². The molecule has 11 N–H and O–H groups in total. The van der Waals surface area contributed by atoms with E-state index in [-0.39, 0.29) is 6.29 Å². The van der Waals surface area contributed by atoms with Gasteiger partial charge in [-0.05, 0) is 0 Å². The van der Waals surface area contributed by atoms with Gasteiger partial charge in [0.2, 0.25) is 0 Å². The molecule has 8 atom stereocenters. The SMILES string of the molecule is O=C[C@H](OP(=O)(O)O)[C@@H](OP(=O)(O)O)[C@@H](O)[C@H](O)CO.O=c1ccn([C@@H]2O[C@H](CO)[C@@H](O)[C@H]2O)c(=O)[nH]1. The van der Waals surface area contributed by atoms with Crippen LogP contribution in [0.3, 0.4) is 0 Å². The van der Waals surface area contributed by atoms with E-state index in [4.69, 9.17) is 39.6 Å². The number of nitrogens with zero attached hydrogens (tertiary/aromatic N) is 1. The summed E-state index contributed by atoms with van der Waals surface area (Å²) >= 11 is 0. The molecule has 1 aliphatic heterocycles. The van der Waals surface area contributed by atoms with Gasteiger partial charge in [0.1, 0.15) is 36.6 Å². The first-order chi connectivity index (χ1) is 16.9. The van der Waals surface area contributed by atoms with Crippen molar-refractivity contribution in [3.05, 3.63) is 33.1 Å². The van der Waals surface area contributed by atoms with Gasteiger partial charge < -0.3 is 59.7 Å². The van der Waals surface area contributed by atoms with E-state index >= 15 is 0 Å². The minimum atomic E-state index is -5.30. The fourth-order valence-electron chi connectivity index (χ4n) is 2.86. The Morgan fingerprint density at radius 2 is 1.62 bits per heavy atom. The fourth-order valence-corrected chi connectivity index (χ4v) is 3.91. The molecule has 37 heavy (non-hydrogen) atoms. The molecule has 0 amide bonds. The highest BCUT2D eigenvalue weighted by molar-refractivity contribution is 7.46. The maximum atomic E-state index is 11.4. The molecule has 0 aliphatic carbocycles. The van der Waals surface area contributed by atoms with Crippen LogP contribution in [0.15, 0.2) is 21.9 Å². The van der Waals surface area contributed by atoms with E-state index < -0.39 is 89.1 Å². The smallest absolute Gasteiger partial charge is 0.394 e. The zero-order valence-electron chi connectivity index (χ0n) is 18.3. The highest BCUT2D eigenvalue weighted by atomic mass is 31.2. The number of H-pyrrole nitrogens is 1. The quantitative estimate of drug-likeness (QED) is 0.0851. The average Bonchev–Trinajstić information content (AvgIpc) is 3.07. The Kier molecular flexibility index (Phi) is 12.5. The number of aromatic nitrogens is 2. The van der Waals surface area contributed by atoms with Crippen molar-refractivity contribution < 1.29 is 77.9 Å². The lowest BCUT2D eigenvalue weighted by Crippen LogP contribution is -2.48. The van der Waals surface area contributed by atoms with Crippen molar-refractivity contribution >= 4 is 21.9 Å². The molecule has 22 heteroatoms. The molecule has 1 aromatic rings. The number of aromatic amines is 1. The van der Waals surface area contributed by atoms with Gasteiger partial charge >= 0.3 is 21.3 Å². The van der Waals surface area contributed by atoms with E-state index in [0.717, 1.165) is 16.8 Å². The van der Waals surface area contributed by atoms with E-state index in [1.807, 2.05) is 4.98 Å². The first kappa shape index (κ1) is 33.3. The Balaban J connectivity index is 0.000000373. The third kappa shape index (κ3) is 10.2. The van der Waals surface area contributed by atoms with E-state index in [9.17, 15) is 38.8 Å².